The first kappa shape index (κ1) is 9.94. The highest BCUT2D eigenvalue weighted by Gasteiger charge is 2.29. The Bertz CT molecular complexity index is 454. The Balaban J connectivity index is 1.99. The topological polar surface area (TPSA) is 52.0 Å². The van der Waals surface area contributed by atoms with Gasteiger partial charge in [-0.2, -0.15) is 5.26 Å². The molecule has 1 aromatic heterocycles. The number of hydrogen-bond donors (Lipinski definition) is 1. The van der Waals surface area contributed by atoms with Gasteiger partial charge in [0, 0.05) is 31.6 Å². The molecule has 1 N–H and O–H groups in total. The van der Waals surface area contributed by atoms with Gasteiger partial charge < -0.3 is 10.2 Å². The molecule has 5 heteroatoms. The Hall–Kier alpha value is -1.25. The van der Waals surface area contributed by atoms with Crippen LogP contribution in [0.2, 0.25) is 0 Å². The van der Waals surface area contributed by atoms with Crippen LogP contribution in [0.15, 0.2) is 17.2 Å². The van der Waals surface area contributed by atoms with E-state index >= 15 is 0 Å². The molecule has 1 aromatic rings. The monoisotopic (exact) mass is 232 g/mol. The smallest absolute Gasteiger partial charge is 0.142 e. The van der Waals surface area contributed by atoms with Gasteiger partial charge in [0.15, 0.2) is 0 Å². The molecule has 0 radical (unpaired) electrons. The minimum atomic E-state index is 0.548. The molecule has 0 aliphatic carbocycles. The number of piperazine rings is 1. The number of aromatic nitrogens is 1. The molecule has 16 heavy (non-hydrogen) atoms. The number of anilines is 1. The van der Waals surface area contributed by atoms with E-state index in [-0.39, 0.29) is 0 Å². The standard InChI is InChI=1S/C11H12N4S/c12-4-8-3-10-11(14-5-8)15-2-1-13-6-9(15)7-16-10/h3,5,9,13H,1-2,6-7H2. The van der Waals surface area contributed by atoms with Crippen molar-refractivity contribution in [1.29, 1.82) is 5.26 Å². The lowest BCUT2D eigenvalue weighted by Crippen LogP contribution is -2.54. The number of fused-ring (bicyclic) bond motifs is 3. The van der Waals surface area contributed by atoms with Crippen molar-refractivity contribution < 1.29 is 0 Å². The van der Waals surface area contributed by atoms with Crippen LogP contribution in [0.25, 0.3) is 0 Å². The molecule has 0 aromatic carbocycles. The summed E-state index contributed by atoms with van der Waals surface area (Å²) >= 11 is 1.81. The van der Waals surface area contributed by atoms with Gasteiger partial charge in [-0.3, -0.25) is 0 Å². The van der Waals surface area contributed by atoms with Crippen LogP contribution in [-0.2, 0) is 0 Å². The highest BCUT2D eigenvalue weighted by molar-refractivity contribution is 7.99. The first-order valence-corrected chi connectivity index (χ1v) is 6.37. The number of hydrogen-bond acceptors (Lipinski definition) is 5. The molecule has 1 atom stereocenters. The third-order valence-electron chi connectivity index (χ3n) is 3.02. The average Bonchev–Trinajstić information content (AvgIpc) is 2.38. The summed E-state index contributed by atoms with van der Waals surface area (Å²) in [5, 5.41) is 12.3. The van der Waals surface area contributed by atoms with Crippen LogP contribution in [0.1, 0.15) is 5.56 Å². The van der Waals surface area contributed by atoms with Crippen LogP contribution in [0.3, 0.4) is 0 Å². The Labute approximate surface area is 98.7 Å². The molecule has 3 heterocycles. The van der Waals surface area contributed by atoms with E-state index in [4.69, 9.17) is 5.26 Å². The van der Waals surface area contributed by atoms with Gasteiger partial charge in [0.1, 0.15) is 11.9 Å². The first-order valence-electron chi connectivity index (χ1n) is 5.39. The van der Waals surface area contributed by atoms with Gasteiger partial charge in [0.2, 0.25) is 0 Å². The van der Waals surface area contributed by atoms with Crippen molar-refractivity contribution in [3.8, 4) is 6.07 Å². The van der Waals surface area contributed by atoms with Crippen molar-refractivity contribution in [3.63, 3.8) is 0 Å². The van der Waals surface area contributed by atoms with E-state index in [2.05, 4.69) is 21.3 Å². The van der Waals surface area contributed by atoms with E-state index in [1.807, 2.05) is 17.8 Å². The molecule has 3 rings (SSSR count). The average molecular weight is 232 g/mol. The van der Waals surface area contributed by atoms with Crippen molar-refractivity contribution in [3.05, 3.63) is 17.8 Å². The van der Waals surface area contributed by atoms with Crippen molar-refractivity contribution in [1.82, 2.24) is 10.3 Å². The zero-order valence-corrected chi connectivity index (χ0v) is 9.63. The maximum absolute atomic E-state index is 8.85. The molecule has 1 unspecified atom stereocenters. The molecule has 1 saturated heterocycles. The quantitative estimate of drug-likeness (QED) is 0.718. The van der Waals surface area contributed by atoms with Gasteiger partial charge in [0.25, 0.3) is 0 Å². The zero-order chi connectivity index (χ0) is 11.0. The largest absolute Gasteiger partial charge is 0.349 e. The van der Waals surface area contributed by atoms with Crippen LogP contribution < -0.4 is 10.2 Å². The zero-order valence-electron chi connectivity index (χ0n) is 8.81. The highest BCUT2D eigenvalue weighted by atomic mass is 32.2. The van der Waals surface area contributed by atoms with E-state index in [1.54, 1.807) is 6.20 Å². The lowest BCUT2D eigenvalue weighted by atomic mass is 10.2. The van der Waals surface area contributed by atoms with Crippen LogP contribution in [-0.4, -0.2) is 36.4 Å². The summed E-state index contributed by atoms with van der Waals surface area (Å²) in [6.45, 7) is 3.06. The molecular weight excluding hydrogens is 220 g/mol. The first-order chi connectivity index (χ1) is 7.88. The van der Waals surface area contributed by atoms with E-state index in [9.17, 15) is 0 Å². The van der Waals surface area contributed by atoms with Gasteiger partial charge in [-0.05, 0) is 6.07 Å². The second-order valence-electron chi connectivity index (χ2n) is 4.02. The third kappa shape index (κ3) is 1.55. The summed E-state index contributed by atoms with van der Waals surface area (Å²) in [7, 11) is 0. The minimum Gasteiger partial charge on any atom is -0.349 e. The molecular formula is C11H12N4S. The molecule has 2 aliphatic heterocycles. The van der Waals surface area contributed by atoms with Crippen LogP contribution in [0.4, 0.5) is 5.82 Å². The highest BCUT2D eigenvalue weighted by Crippen LogP contribution is 2.36. The summed E-state index contributed by atoms with van der Waals surface area (Å²) in [6, 6.07) is 4.64. The summed E-state index contributed by atoms with van der Waals surface area (Å²) < 4.78 is 0. The summed E-state index contributed by atoms with van der Waals surface area (Å²) in [4.78, 5) is 7.94. The van der Waals surface area contributed by atoms with Crippen LogP contribution in [0.5, 0.6) is 0 Å². The lowest BCUT2D eigenvalue weighted by molar-refractivity contribution is 0.495. The number of nitriles is 1. The van der Waals surface area contributed by atoms with Crippen molar-refractivity contribution in [2.75, 3.05) is 30.3 Å². The molecule has 0 saturated carbocycles. The van der Waals surface area contributed by atoms with Crippen molar-refractivity contribution in [2.45, 2.75) is 10.9 Å². The van der Waals surface area contributed by atoms with Crippen LogP contribution >= 0.6 is 11.8 Å². The number of nitrogens with zero attached hydrogens (tertiary/aromatic N) is 3. The fraction of sp³-hybridized carbons (Fsp3) is 0.455. The predicted molar refractivity (Wildman–Crippen MR) is 63.7 cm³/mol. The molecule has 0 amide bonds. The van der Waals surface area contributed by atoms with E-state index in [1.165, 1.54) is 0 Å². The molecule has 2 aliphatic rings. The normalized spacial score (nSPS) is 23.2. The molecule has 1 fully saturated rings. The minimum absolute atomic E-state index is 0.548. The number of rotatable bonds is 0. The molecule has 0 spiro atoms. The van der Waals surface area contributed by atoms with Gasteiger partial charge in [-0.1, -0.05) is 0 Å². The molecule has 82 valence electrons. The van der Waals surface area contributed by atoms with Crippen molar-refractivity contribution >= 4 is 17.6 Å². The van der Waals surface area contributed by atoms with Gasteiger partial charge in [-0.25, -0.2) is 4.98 Å². The summed E-state index contributed by atoms with van der Waals surface area (Å²) in [5.41, 5.74) is 0.653. The second-order valence-corrected chi connectivity index (χ2v) is 5.08. The maximum atomic E-state index is 8.85. The fourth-order valence-electron chi connectivity index (χ4n) is 2.20. The van der Waals surface area contributed by atoms with Crippen LogP contribution in [0, 0.1) is 11.3 Å². The van der Waals surface area contributed by atoms with Gasteiger partial charge in [0.05, 0.1) is 16.5 Å². The second kappa shape index (κ2) is 3.96. The maximum Gasteiger partial charge on any atom is 0.142 e. The number of pyridine rings is 1. The molecule has 0 bridgehead atoms. The fourth-order valence-corrected chi connectivity index (χ4v) is 3.37. The van der Waals surface area contributed by atoms with E-state index < -0.39 is 0 Å². The van der Waals surface area contributed by atoms with E-state index in [0.29, 0.717) is 11.6 Å². The Morgan fingerprint density at radius 3 is 3.44 bits per heavy atom. The Kier molecular flexibility index (Phi) is 2.46. The summed E-state index contributed by atoms with van der Waals surface area (Å²) in [5.74, 6) is 2.14. The number of thioether (sulfide) groups is 1. The summed E-state index contributed by atoms with van der Waals surface area (Å²) in [6.07, 6.45) is 1.67. The lowest BCUT2D eigenvalue weighted by Gasteiger charge is -2.40. The van der Waals surface area contributed by atoms with E-state index in [0.717, 1.165) is 36.1 Å². The predicted octanol–water partition coefficient (Wildman–Crippen LogP) is 0.837. The SMILES string of the molecule is N#Cc1cnc2c(c1)SCC1CNCCN21. The van der Waals surface area contributed by atoms with Crippen molar-refractivity contribution in [2.24, 2.45) is 0 Å². The molecule has 4 nitrogen and oxygen atoms in total. The van der Waals surface area contributed by atoms with Gasteiger partial charge in [-0.15, -0.1) is 11.8 Å². The number of nitrogens with one attached hydrogen (secondary N) is 1. The Morgan fingerprint density at radius 1 is 1.62 bits per heavy atom. The third-order valence-corrected chi connectivity index (χ3v) is 4.18. The van der Waals surface area contributed by atoms with Gasteiger partial charge >= 0.3 is 0 Å². The Morgan fingerprint density at radius 2 is 2.56 bits per heavy atom.